The Morgan fingerprint density at radius 1 is 1.17 bits per heavy atom. The maximum absolute atomic E-state index is 13.0. The van der Waals surface area contributed by atoms with E-state index in [1.807, 2.05) is 0 Å². The fourth-order valence-corrected chi connectivity index (χ4v) is 4.95. The van der Waals surface area contributed by atoms with E-state index in [1.54, 1.807) is 44.8 Å². The number of hydrogen-bond acceptors (Lipinski definition) is 6. The summed E-state index contributed by atoms with van der Waals surface area (Å²) in [7, 11) is 4.74. The minimum atomic E-state index is -0.157. The molecule has 0 spiro atoms. The summed E-state index contributed by atoms with van der Waals surface area (Å²) >= 11 is 1.74. The first-order valence-electron chi connectivity index (χ1n) is 10.0. The molecule has 1 saturated heterocycles. The molecule has 1 fully saturated rings. The normalized spacial score (nSPS) is 15.3. The molecule has 2 N–H and O–H groups in total. The highest BCUT2D eigenvalue weighted by Crippen LogP contribution is 2.41. The number of carbonyl (C=O) groups is 1. The predicted octanol–water partition coefficient (Wildman–Crippen LogP) is 3.82. The van der Waals surface area contributed by atoms with Gasteiger partial charge in [-0.1, -0.05) is 6.07 Å². The Balaban J connectivity index is 1.58. The molecule has 0 aliphatic carbocycles. The smallest absolute Gasteiger partial charge is 0.267 e. The number of fused-ring (bicyclic) bond motifs is 1. The van der Waals surface area contributed by atoms with Crippen molar-refractivity contribution in [1.82, 2.24) is 15.2 Å². The first-order chi connectivity index (χ1) is 14.7. The first kappa shape index (κ1) is 20.6. The minimum Gasteiger partial charge on any atom is -0.496 e. The van der Waals surface area contributed by atoms with Crippen molar-refractivity contribution in [2.45, 2.75) is 18.9 Å². The highest BCUT2D eigenvalue weighted by atomic mass is 32.1. The maximum atomic E-state index is 13.0. The maximum Gasteiger partial charge on any atom is 0.267 e. The summed E-state index contributed by atoms with van der Waals surface area (Å²) in [5, 5.41) is 5.97. The second kappa shape index (κ2) is 8.97. The lowest BCUT2D eigenvalue weighted by molar-refractivity contribution is 0.0934. The number of thiophene rings is 1. The summed E-state index contributed by atoms with van der Waals surface area (Å²) in [5.74, 6) is 1.55. The van der Waals surface area contributed by atoms with Gasteiger partial charge in [0.05, 0.1) is 32.9 Å². The topological polar surface area (TPSA) is 75.8 Å². The van der Waals surface area contributed by atoms with E-state index in [9.17, 15) is 4.79 Å². The molecule has 0 saturated carbocycles. The number of benzene rings is 1. The number of nitrogens with one attached hydrogen (secondary N) is 2. The largest absolute Gasteiger partial charge is 0.496 e. The van der Waals surface area contributed by atoms with Crippen molar-refractivity contribution in [3.8, 4) is 17.2 Å². The first-order valence-corrected chi connectivity index (χ1v) is 10.9. The molecule has 160 valence electrons. The number of methoxy groups -OCH3 is 3. The lowest BCUT2D eigenvalue weighted by atomic mass is 10.2. The van der Waals surface area contributed by atoms with Crippen LogP contribution in [-0.4, -0.2) is 56.8 Å². The van der Waals surface area contributed by atoms with E-state index in [0.717, 1.165) is 18.5 Å². The van der Waals surface area contributed by atoms with Crippen LogP contribution >= 0.6 is 11.3 Å². The average Bonchev–Trinajstić information content (AvgIpc) is 3.54. The van der Waals surface area contributed by atoms with Gasteiger partial charge < -0.3 is 24.5 Å². The Bertz CT molecular complexity index is 1010. The summed E-state index contributed by atoms with van der Waals surface area (Å²) in [6.45, 7) is 2.70. The summed E-state index contributed by atoms with van der Waals surface area (Å²) in [6.07, 6.45) is 2.42. The van der Waals surface area contributed by atoms with Crippen molar-refractivity contribution in [2.24, 2.45) is 0 Å². The molecule has 1 atom stereocenters. The van der Waals surface area contributed by atoms with Gasteiger partial charge in [0, 0.05) is 22.9 Å². The molecule has 30 heavy (non-hydrogen) atoms. The van der Waals surface area contributed by atoms with Crippen LogP contribution in [-0.2, 0) is 0 Å². The molecule has 1 aliphatic heterocycles. The summed E-state index contributed by atoms with van der Waals surface area (Å²) < 4.78 is 16.4. The molecule has 2 aromatic heterocycles. The number of hydrogen-bond donors (Lipinski definition) is 2. The van der Waals surface area contributed by atoms with Crippen molar-refractivity contribution in [1.29, 1.82) is 0 Å². The molecular weight excluding hydrogens is 402 g/mol. The van der Waals surface area contributed by atoms with Crippen LogP contribution in [0.5, 0.6) is 17.2 Å². The van der Waals surface area contributed by atoms with Crippen molar-refractivity contribution < 1.29 is 19.0 Å². The Morgan fingerprint density at radius 2 is 1.93 bits per heavy atom. The number of ether oxygens (including phenoxy) is 3. The van der Waals surface area contributed by atoms with Crippen molar-refractivity contribution in [3.05, 3.63) is 40.2 Å². The number of likely N-dealkylation sites (tertiary alicyclic amines) is 1. The van der Waals surface area contributed by atoms with Crippen molar-refractivity contribution in [3.63, 3.8) is 0 Å². The molecule has 0 radical (unpaired) electrons. The van der Waals surface area contributed by atoms with Gasteiger partial charge in [-0.3, -0.25) is 9.69 Å². The van der Waals surface area contributed by atoms with E-state index < -0.39 is 0 Å². The highest BCUT2D eigenvalue weighted by Gasteiger charge is 2.25. The highest BCUT2D eigenvalue weighted by molar-refractivity contribution is 7.10. The van der Waals surface area contributed by atoms with Crippen LogP contribution < -0.4 is 19.5 Å². The van der Waals surface area contributed by atoms with Gasteiger partial charge in [-0.2, -0.15) is 0 Å². The van der Waals surface area contributed by atoms with Crippen LogP contribution in [0.2, 0.25) is 0 Å². The number of aromatic amines is 1. The molecule has 8 heteroatoms. The van der Waals surface area contributed by atoms with Crippen molar-refractivity contribution >= 4 is 28.1 Å². The van der Waals surface area contributed by atoms with E-state index in [4.69, 9.17) is 14.2 Å². The molecular formula is C22H27N3O4S. The zero-order chi connectivity index (χ0) is 21.1. The van der Waals surface area contributed by atoms with Crippen molar-refractivity contribution in [2.75, 3.05) is 41.0 Å². The number of rotatable bonds is 8. The molecule has 4 rings (SSSR count). The van der Waals surface area contributed by atoms with Crippen LogP contribution in [0.15, 0.2) is 29.6 Å². The molecule has 3 heterocycles. The van der Waals surface area contributed by atoms with Crippen LogP contribution in [0.4, 0.5) is 0 Å². The number of nitrogens with zero attached hydrogens (tertiary/aromatic N) is 1. The second-order valence-electron chi connectivity index (χ2n) is 7.27. The lowest BCUT2D eigenvalue weighted by Crippen LogP contribution is -2.36. The summed E-state index contributed by atoms with van der Waals surface area (Å²) in [6, 6.07) is 7.96. The van der Waals surface area contributed by atoms with Gasteiger partial charge in [0.1, 0.15) is 11.4 Å². The third kappa shape index (κ3) is 3.85. The van der Waals surface area contributed by atoms with E-state index in [1.165, 1.54) is 17.7 Å². The second-order valence-corrected chi connectivity index (χ2v) is 8.25. The quantitative estimate of drug-likeness (QED) is 0.569. The average molecular weight is 430 g/mol. The standard InChI is InChI=1S/C22H27N3O4S/c1-27-17-12-18(28-2)21(29-3)20-14(17)11-15(24-20)22(26)23-13-16(19-7-6-10-30-19)25-8-4-5-9-25/h6-7,10-12,16,24H,4-5,8-9,13H2,1-3H3,(H,23,26). The van der Waals surface area contributed by atoms with Gasteiger partial charge in [-0.15, -0.1) is 11.3 Å². The number of H-pyrrole nitrogens is 1. The molecule has 1 unspecified atom stereocenters. The zero-order valence-corrected chi connectivity index (χ0v) is 18.3. The van der Waals surface area contributed by atoms with Gasteiger partial charge in [-0.05, 0) is 43.4 Å². The van der Waals surface area contributed by atoms with Crippen LogP contribution in [0.3, 0.4) is 0 Å². The van der Waals surface area contributed by atoms with E-state index in [2.05, 4.69) is 32.7 Å². The van der Waals surface area contributed by atoms with Crippen LogP contribution in [0.25, 0.3) is 10.9 Å². The Hall–Kier alpha value is -2.71. The Morgan fingerprint density at radius 3 is 2.57 bits per heavy atom. The Kier molecular flexibility index (Phi) is 6.15. The molecule has 1 aliphatic rings. The number of amides is 1. The summed E-state index contributed by atoms with van der Waals surface area (Å²) in [5.41, 5.74) is 1.13. The van der Waals surface area contributed by atoms with E-state index >= 15 is 0 Å². The van der Waals surface area contributed by atoms with Gasteiger partial charge in [-0.25, -0.2) is 0 Å². The lowest BCUT2D eigenvalue weighted by Gasteiger charge is -2.26. The fraction of sp³-hybridized carbons (Fsp3) is 0.409. The van der Waals surface area contributed by atoms with Gasteiger partial charge in [0.15, 0.2) is 11.5 Å². The molecule has 7 nitrogen and oxygen atoms in total. The molecule has 1 amide bonds. The van der Waals surface area contributed by atoms with Gasteiger partial charge in [0.2, 0.25) is 0 Å². The molecule has 0 bridgehead atoms. The SMILES string of the molecule is COc1cc(OC)c2cc(C(=O)NCC(c3cccs3)N3CCCC3)[nH]c2c1OC. The number of carbonyl (C=O) groups excluding carboxylic acids is 1. The summed E-state index contributed by atoms with van der Waals surface area (Å²) in [4.78, 5) is 19.9. The molecule has 3 aromatic rings. The van der Waals surface area contributed by atoms with Gasteiger partial charge >= 0.3 is 0 Å². The van der Waals surface area contributed by atoms with Crippen LogP contribution in [0, 0.1) is 0 Å². The van der Waals surface area contributed by atoms with Gasteiger partial charge in [0.25, 0.3) is 5.91 Å². The van der Waals surface area contributed by atoms with E-state index in [-0.39, 0.29) is 11.9 Å². The monoisotopic (exact) mass is 429 g/mol. The third-order valence-electron chi connectivity index (χ3n) is 5.59. The number of aromatic nitrogens is 1. The Labute approximate surface area is 179 Å². The van der Waals surface area contributed by atoms with Crippen LogP contribution in [0.1, 0.15) is 34.2 Å². The fourth-order valence-electron chi connectivity index (χ4n) is 4.09. The van der Waals surface area contributed by atoms with E-state index in [0.29, 0.717) is 35.0 Å². The minimum absolute atomic E-state index is 0.157. The molecule has 1 aromatic carbocycles. The zero-order valence-electron chi connectivity index (χ0n) is 17.5. The predicted molar refractivity (Wildman–Crippen MR) is 118 cm³/mol. The third-order valence-corrected chi connectivity index (χ3v) is 6.57.